The highest BCUT2D eigenvalue weighted by Crippen LogP contribution is 2.19. The average molecular weight is 217 g/mol. The van der Waals surface area contributed by atoms with Gasteiger partial charge in [-0.05, 0) is 29.2 Å². The monoisotopic (exact) mass is 217 g/mol. The standard InChI is InChI=1S/C13H15NO2/c1-3-10-5-9(8-14)6-11(4-2)12(10)7-13(15)16/h1,5-6H,4,7-8,14H2,2H3,(H,15,16). The first-order chi connectivity index (χ1) is 7.62. The number of aliphatic carboxylic acids is 1. The van der Waals surface area contributed by atoms with Crippen LogP contribution in [-0.4, -0.2) is 11.1 Å². The van der Waals surface area contributed by atoms with E-state index in [1.165, 1.54) is 0 Å². The van der Waals surface area contributed by atoms with Crippen molar-refractivity contribution in [3.05, 3.63) is 34.4 Å². The zero-order chi connectivity index (χ0) is 12.1. The number of terminal acetylenes is 1. The van der Waals surface area contributed by atoms with Gasteiger partial charge in [0, 0.05) is 12.1 Å². The van der Waals surface area contributed by atoms with Crippen LogP contribution in [0.25, 0.3) is 0 Å². The Balaban J connectivity index is 3.32. The van der Waals surface area contributed by atoms with Crippen molar-refractivity contribution in [2.45, 2.75) is 26.3 Å². The highest BCUT2D eigenvalue weighted by Gasteiger charge is 2.11. The maximum Gasteiger partial charge on any atom is 0.307 e. The van der Waals surface area contributed by atoms with Crippen LogP contribution in [0.15, 0.2) is 12.1 Å². The summed E-state index contributed by atoms with van der Waals surface area (Å²) in [5, 5.41) is 8.84. The summed E-state index contributed by atoms with van der Waals surface area (Å²) in [6.45, 7) is 2.39. The Hall–Kier alpha value is -1.79. The molecule has 0 radical (unpaired) electrons. The van der Waals surface area contributed by atoms with Crippen LogP contribution in [0.5, 0.6) is 0 Å². The fraction of sp³-hybridized carbons (Fsp3) is 0.308. The van der Waals surface area contributed by atoms with Crippen molar-refractivity contribution in [1.82, 2.24) is 0 Å². The van der Waals surface area contributed by atoms with Crippen LogP contribution in [0.3, 0.4) is 0 Å². The molecule has 0 unspecified atom stereocenters. The van der Waals surface area contributed by atoms with Gasteiger partial charge < -0.3 is 10.8 Å². The molecule has 0 atom stereocenters. The Labute approximate surface area is 95.3 Å². The molecular weight excluding hydrogens is 202 g/mol. The van der Waals surface area contributed by atoms with Crippen molar-refractivity contribution < 1.29 is 9.90 Å². The Kier molecular flexibility index (Phi) is 4.10. The van der Waals surface area contributed by atoms with Crippen molar-refractivity contribution in [2.24, 2.45) is 5.73 Å². The predicted molar refractivity (Wildman–Crippen MR) is 63.0 cm³/mol. The molecule has 1 rings (SSSR count). The Morgan fingerprint density at radius 2 is 2.25 bits per heavy atom. The van der Waals surface area contributed by atoms with Gasteiger partial charge in [0.2, 0.25) is 0 Å². The molecule has 0 aliphatic rings. The average Bonchev–Trinajstić information content (AvgIpc) is 2.28. The van der Waals surface area contributed by atoms with Crippen molar-refractivity contribution in [1.29, 1.82) is 0 Å². The van der Waals surface area contributed by atoms with E-state index >= 15 is 0 Å². The lowest BCUT2D eigenvalue weighted by molar-refractivity contribution is -0.136. The third-order valence-electron chi connectivity index (χ3n) is 2.50. The summed E-state index contributed by atoms with van der Waals surface area (Å²) in [5.74, 6) is 1.66. The van der Waals surface area contributed by atoms with Crippen LogP contribution in [0, 0.1) is 12.3 Å². The molecule has 0 heterocycles. The van der Waals surface area contributed by atoms with E-state index in [1.807, 2.05) is 13.0 Å². The quantitative estimate of drug-likeness (QED) is 0.747. The normalized spacial score (nSPS) is 9.81. The van der Waals surface area contributed by atoms with Crippen molar-refractivity contribution in [3.8, 4) is 12.3 Å². The fourth-order valence-corrected chi connectivity index (χ4v) is 1.72. The lowest BCUT2D eigenvalue weighted by Gasteiger charge is -2.11. The largest absolute Gasteiger partial charge is 0.481 e. The molecule has 3 N–H and O–H groups in total. The second-order valence-electron chi connectivity index (χ2n) is 3.55. The number of hydrogen-bond acceptors (Lipinski definition) is 2. The zero-order valence-corrected chi connectivity index (χ0v) is 9.29. The number of hydrogen-bond donors (Lipinski definition) is 2. The molecule has 0 saturated carbocycles. The summed E-state index contributed by atoms with van der Waals surface area (Å²) in [5.41, 5.74) is 8.85. The maximum absolute atomic E-state index is 10.8. The minimum atomic E-state index is -0.869. The van der Waals surface area contributed by atoms with Crippen LogP contribution < -0.4 is 5.73 Å². The molecule has 0 aliphatic heterocycles. The third-order valence-corrected chi connectivity index (χ3v) is 2.50. The van der Waals surface area contributed by atoms with Gasteiger partial charge in [-0.15, -0.1) is 6.42 Å². The minimum absolute atomic E-state index is 0.0342. The number of nitrogens with two attached hydrogens (primary N) is 1. The van der Waals surface area contributed by atoms with Crippen LogP contribution in [0.4, 0.5) is 0 Å². The molecule has 0 bridgehead atoms. The molecule has 0 spiro atoms. The number of benzene rings is 1. The summed E-state index contributed by atoms with van der Waals surface area (Å²) in [6.07, 6.45) is 6.11. The van der Waals surface area contributed by atoms with Crippen molar-refractivity contribution >= 4 is 5.97 Å². The second kappa shape index (κ2) is 5.34. The molecule has 1 aromatic rings. The van der Waals surface area contributed by atoms with Gasteiger partial charge in [-0.25, -0.2) is 0 Å². The molecule has 84 valence electrons. The lowest BCUT2D eigenvalue weighted by Crippen LogP contribution is -2.08. The Morgan fingerprint density at radius 3 is 2.69 bits per heavy atom. The van der Waals surface area contributed by atoms with Gasteiger partial charge >= 0.3 is 5.97 Å². The Bertz CT molecular complexity index is 444. The van der Waals surface area contributed by atoms with Crippen LogP contribution in [-0.2, 0) is 24.2 Å². The van der Waals surface area contributed by atoms with E-state index in [9.17, 15) is 4.79 Å². The first-order valence-electron chi connectivity index (χ1n) is 5.15. The van der Waals surface area contributed by atoms with Crippen LogP contribution in [0.1, 0.15) is 29.2 Å². The highest BCUT2D eigenvalue weighted by atomic mass is 16.4. The lowest BCUT2D eigenvalue weighted by atomic mass is 9.94. The van der Waals surface area contributed by atoms with Gasteiger partial charge in [0.25, 0.3) is 0 Å². The molecular formula is C13H15NO2. The van der Waals surface area contributed by atoms with E-state index in [2.05, 4.69) is 5.92 Å². The van der Waals surface area contributed by atoms with Gasteiger partial charge in [-0.1, -0.05) is 18.9 Å². The highest BCUT2D eigenvalue weighted by molar-refractivity contribution is 5.72. The van der Waals surface area contributed by atoms with E-state index in [0.717, 1.165) is 23.1 Å². The minimum Gasteiger partial charge on any atom is -0.481 e. The van der Waals surface area contributed by atoms with Crippen molar-refractivity contribution in [2.75, 3.05) is 0 Å². The van der Waals surface area contributed by atoms with Gasteiger partial charge in [-0.3, -0.25) is 4.79 Å². The van der Waals surface area contributed by atoms with E-state index < -0.39 is 5.97 Å². The molecule has 3 heteroatoms. The van der Waals surface area contributed by atoms with Gasteiger partial charge in [0.15, 0.2) is 0 Å². The molecule has 0 aromatic heterocycles. The molecule has 1 aromatic carbocycles. The number of carboxylic acid groups (broad SMARTS) is 1. The number of carboxylic acids is 1. The topological polar surface area (TPSA) is 63.3 Å². The summed E-state index contributed by atoms with van der Waals surface area (Å²) in [4.78, 5) is 10.8. The summed E-state index contributed by atoms with van der Waals surface area (Å²) in [6, 6.07) is 3.72. The van der Waals surface area contributed by atoms with E-state index in [0.29, 0.717) is 12.1 Å². The molecule has 0 amide bonds. The van der Waals surface area contributed by atoms with Gasteiger partial charge in [-0.2, -0.15) is 0 Å². The number of aryl methyl sites for hydroxylation is 1. The summed E-state index contributed by atoms with van der Waals surface area (Å²) >= 11 is 0. The molecule has 0 saturated heterocycles. The number of carbonyl (C=O) groups is 1. The smallest absolute Gasteiger partial charge is 0.307 e. The molecule has 16 heavy (non-hydrogen) atoms. The van der Waals surface area contributed by atoms with E-state index in [1.54, 1.807) is 6.07 Å². The predicted octanol–water partition coefficient (Wildman–Crippen LogP) is 1.32. The zero-order valence-electron chi connectivity index (χ0n) is 9.29. The molecule has 3 nitrogen and oxygen atoms in total. The third kappa shape index (κ3) is 2.62. The van der Waals surface area contributed by atoms with Gasteiger partial charge in [0.05, 0.1) is 6.42 Å². The maximum atomic E-state index is 10.8. The summed E-state index contributed by atoms with van der Waals surface area (Å²) < 4.78 is 0. The van der Waals surface area contributed by atoms with Gasteiger partial charge in [0.1, 0.15) is 0 Å². The van der Waals surface area contributed by atoms with E-state index in [-0.39, 0.29) is 6.42 Å². The Morgan fingerprint density at radius 1 is 1.56 bits per heavy atom. The number of rotatable bonds is 4. The van der Waals surface area contributed by atoms with Crippen LogP contribution >= 0.6 is 0 Å². The van der Waals surface area contributed by atoms with E-state index in [4.69, 9.17) is 17.3 Å². The SMILES string of the molecule is C#Cc1cc(CN)cc(CC)c1CC(=O)O. The molecule has 0 aliphatic carbocycles. The van der Waals surface area contributed by atoms with Crippen molar-refractivity contribution in [3.63, 3.8) is 0 Å². The molecule has 0 fully saturated rings. The first-order valence-corrected chi connectivity index (χ1v) is 5.15. The first kappa shape index (κ1) is 12.3. The van der Waals surface area contributed by atoms with Crippen LogP contribution in [0.2, 0.25) is 0 Å². The summed E-state index contributed by atoms with van der Waals surface area (Å²) in [7, 11) is 0. The fourth-order valence-electron chi connectivity index (χ4n) is 1.72. The second-order valence-corrected chi connectivity index (χ2v) is 3.55.